The Hall–Kier alpha value is -2.58. The van der Waals surface area contributed by atoms with Gasteiger partial charge >= 0.3 is 5.97 Å². The molecule has 1 saturated heterocycles. The molecule has 1 aliphatic rings. The van der Waals surface area contributed by atoms with Gasteiger partial charge in [-0.3, -0.25) is 9.59 Å². The summed E-state index contributed by atoms with van der Waals surface area (Å²) in [7, 11) is 1.38. The molecule has 1 aromatic carbocycles. The Morgan fingerprint density at radius 3 is 2.86 bits per heavy atom. The minimum absolute atomic E-state index is 0.0419. The molecule has 0 radical (unpaired) electrons. The molecule has 0 aromatic heterocycles. The van der Waals surface area contributed by atoms with Gasteiger partial charge in [0.15, 0.2) is 0 Å². The highest BCUT2D eigenvalue weighted by molar-refractivity contribution is 5.77. The van der Waals surface area contributed by atoms with Crippen LogP contribution in [-0.2, 0) is 20.7 Å². The first-order valence-corrected chi connectivity index (χ1v) is 10.3. The van der Waals surface area contributed by atoms with Crippen LogP contribution in [0.3, 0.4) is 0 Å². The predicted molar refractivity (Wildman–Crippen MR) is 113 cm³/mol. The molecule has 156 valence electrons. The van der Waals surface area contributed by atoms with Gasteiger partial charge < -0.3 is 14.7 Å². The van der Waals surface area contributed by atoms with Gasteiger partial charge in [0, 0.05) is 25.7 Å². The van der Waals surface area contributed by atoms with Crippen LogP contribution < -0.4 is 0 Å². The topological polar surface area (TPSA) is 66.8 Å². The molecule has 1 amide bonds. The third-order valence-corrected chi connectivity index (χ3v) is 4.99. The highest BCUT2D eigenvalue weighted by Crippen LogP contribution is 2.19. The number of likely N-dealkylation sites (tertiary alicyclic amines) is 1. The minimum atomic E-state index is -0.581. The molecular formula is C24H31NO4. The number of benzene rings is 1. The summed E-state index contributed by atoms with van der Waals surface area (Å²) >= 11 is 0. The quantitative estimate of drug-likeness (QED) is 0.316. The molecule has 1 N–H and O–H groups in total. The Bertz CT molecular complexity index is 732. The first-order chi connectivity index (χ1) is 14.1. The van der Waals surface area contributed by atoms with E-state index < -0.39 is 6.10 Å². The van der Waals surface area contributed by atoms with E-state index >= 15 is 0 Å². The lowest BCUT2D eigenvalue weighted by Crippen LogP contribution is -2.38. The van der Waals surface area contributed by atoms with E-state index in [1.165, 1.54) is 7.11 Å². The molecule has 1 aromatic rings. The van der Waals surface area contributed by atoms with Gasteiger partial charge in [-0.15, -0.1) is 5.92 Å². The van der Waals surface area contributed by atoms with Crippen molar-refractivity contribution in [1.29, 1.82) is 0 Å². The largest absolute Gasteiger partial charge is 0.469 e. The lowest BCUT2D eigenvalue weighted by Gasteiger charge is -2.26. The number of ether oxygens (including phenoxy) is 1. The molecule has 1 fully saturated rings. The third-order valence-electron chi connectivity index (χ3n) is 4.99. The maximum absolute atomic E-state index is 12.5. The summed E-state index contributed by atoms with van der Waals surface area (Å²) in [5.74, 6) is 6.00. The summed E-state index contributed by atoms with van der Waals surface area (Å²) in [4.78, 5) is 25.4. The zero-order valence-electron chi connectivity index (χ0n) is 17.2. The fraction of sp³-hybridized carbons (Fsp3) is 0.500. The van der Waals surface area contributed by atoms with Gasteiger partial charge in [-0.25, -0.2) is 0 Å². The minimum Gasteiger partial charge on any atom is -0.469 e. The zero-order valence-corrected chi connectivity index (χ0v) is 17.2. The Morgan fingerprint density at radius 2 is 2.10 bits per heavy atom. The molecule has 5 heteroatoms. The van der Waals surface area contributed by atoms with Crippen LogP contribution >= 0.6 is 0 Å². The van der Waals surface area contributed by atoms with Crippen molar-refractivity contribution in [3.63, 3.8) is 0 Å². The van der Waals surface area contributed by atoms with Crippen LogP contribution in [0.2, 0.25) is 0 Å². The maximum Gasteiger partial charge on any atom is 0.305 e. The van der Waals surface area contributed by atoms with E-state index in [9.17, 15) is 14.7 Å². The molecule has 1 heterocycles. The molecule has 2 atom stereocenters. The summed E-state index contributed by atoms with van der Waals surface area (Å²) in [6, 6.07) is 9.82. The lowest BCUT2D eigenvalue weighted by molar-refractivity contribution is -0.140. The Balaban J connectivity index is 1.91. The molecule has 1 aliphatic heterocycles. The first kappa shape index (κ1) is 22.7. The number of carbonyl (C=O) groups excluding carboxylic acids is 2. The highest BCUT2D eigenvalue weighted by Gasteiger charge is 2.23. The van der Waals surface area contributed by atoms with Crippen LogP contribution in [0.4, 0.5) is 0 Å². The van der Waals surface area contributed by atoms with Crippen molar-refractivity contribution in [3.05, 3.63) is 48.0 Å². The number of esters is 1. The van der Waals surface area contributed by atoms with E-state index in [0.717, 1.165) is 24.8 Å². The van der Waals surface area contributed by atoms with Crippen LogP contribution in [0.1, 0.15) is 50.5 Å². The fourth-order valence-corrected chi connectivity index (χ4v) is 3.35. The second kappa shape index (κ2) is 12.8. The number of nitrogens with zero attached hydrogens (tertiary/aromatic N) is 1. The molecule has 2 rings (SSSR count). The molecule has 0 aliphatic carbocycles. The monoisotopic (exact) mass is 397 g/mol. The molecule has 0 bridgehead atoms. The molecule has 5 nitrogen and oxygen atoms in total. The van der Waals surface area contributed by atoms with Gasteiger partial charge in [0.25, 0.3) is 0 Å². The molecule has 0 spiro atoms. The summed E-state index contributed by atoms with van der Waals surface area (Å²) in [5.41, 5.74) is 1.08. The number of rotatable bonds is 8. The summed E-state index contributed by atoms with van der Waals surface area (Å²) in [6.07, 6.45) is 8.64. The maximum atomic E-state index is 12.5. The van der Waals surface area contributed by atoms with E-state index in [-0.39, 0.29) is 17.9 Å². The Labute approximate surface area is 173 Å². The van der Waals surface area contributed by atoms with Crippen LogP contribution in [-0.4, -0.2) is 47.7 Å². The lowest BCUT2D eigenvalue weighted by atomic mass is 10.0. The van der Waals surface area contributed by atoms with Gasteiger partial charge in [-0.2, -0.15) is 0 Å². The van der Waals surface area contributed by atoms with Crippen molar-refractivity contribution in [2.24, 2.45) is 0 Å². The smallest absolute Gasteiger partial charge is 0.305 e. The van der Waals surface area contributed by atoms with Gasteiger partial charge in [0.1, 0.15) is 0 Å². The van der Waals surface area contributed by atoms with Gasteiger partial charge in [0.2, 0.25) is 5.91 Å². The first-order valence-electron chi connectivity index (χ1n) is 10.3. The number of unbranched alkanes of at least 4 members (excludes halogenated alkanes) is 1. The number of aliphatic hydroxyl groups is 1. The molecular weight excluding hydrogens is 366 g/mol. The average molecular weight is 398 g/mol. The number of methoxy groups -OCH3 is 1. The predicted octanol–water partition coefficient (Wildman–Crippen LogP) is 3.26. The molecule has 2 unspecified atom stereocenters. The van der Waals surface area contributed by atoms with Crippen LogP contribution in [0.5, 0.6) is 0 Å². The van der Waals surface area contributed by atoms with E-state index in [4.69, 9.17) is 0 Å². The van der Waals surface area contributed by atoms with E-state index in [1.54, 1.807) is 6.08 Å². The van der Waals surface area contributed by atoms with Crippen molar-refractivity contribution >= 4 is 11.9 Å². The fourth-order valence-electron chi connectivity index (χ4n) is 3.35. The number of aliphatic hydroxyl groups excluding tert-OH is 1. The van der Waals surface area contributed by atoms with Crippen LogP contribution in [0.15, 0.2) is 42.5 Å². The van der Waals surface area contributed by atoms with Crippen LogP contribution in [0.25, 0.3) is 0 Å². The average Bonchev–Trinajstić information content (AvgIpc) is 2.90. The standard InChI is InChI=1S/C24H31NO4/c1-29-24(28)15-7-2-3-10-18-25-21(13-8-9-14-23(25)27)16-17-22(26)19-20-11-5-4-6-12-20/h4-6,11-12,16-17,21-22,26H,2,7-9,13-15,18-19H2,1H3. The van der Waals surface area contributed by atoms with Crippen molar-refractivity contribution in [2.45, 2.75) is 63.5 Å². The van der Waals surface area contributed by atoms with E-state index in [1.807, 2.05) is 41.3 Å². The second-order valence-electron chi connectivity index (χ2n) is 7.26. The number of hydrogen-bond donors (Lipinski definition) is 1. The Kier molecular flexibility index (Phi) is 10.0. The summed E-state index contributed by atoms with van der Waals surface area (Å²) in [5, 5.41) is 10.3. The van der Waals surface area contributed by atoms with Crippen molar-refractivity contribution in [1.82, 2.24) is 4.90 Å². The van der Waals surface area contributed by atoms with Crippen molar-refractivity contribution < 1.29 is 19.4 Å². The van der Waals surface area contributed by atoms with Crippen molar-refractivity contribution in [3.8, 4) is 11.8 Å². The van der Waals surface area contributed by atoms with Crippen molar-refractivity contribution in [2.75, 3.05) is 13.7 Å². The SMILES string of the molecule is COC(=O)CCCC#CCN1C(=O)CCCCC1C=CC(O)Cc1ccccc1. The van der Waals surface area contributed by atoms with E-state index in [2.05, 4.69) is 16.6 Å². The van der Waals surface area contributed by atoms with Crippen LogP contribution in [0, 0.1) is 11.8 Å². The zero-order chi connectivity index (χ0) is 20.9. The van der Waals surface area contributed by atoms with Gasteiger partial charge in [-0.05, 0) is 24.8 Å². The number of carbonyl (C=O) groups is 2. The second-order valence-corrected chi connectivity index (χ2v) is 7.26. The summed E-state index contributed by atoms with van der Waals surface area (Å²) in [6.45, 7) is 0.376. The number of amides is 1. The molecule has 29 heavy (non-hydrogen) atoms. The van der Waals surface area contributed by atoms with Gasteiger partial charge in [-0.1, -0.05) is 54.8 Å². The van der Waals surface area contributed by atoms with Gasteiger partial charge in [0.05, 0.1) is 25.8 Å². The normalized spacial score (nSPS) is 18.1. The third kappa shape index (κ3) is 8.53. The number of hydrogen-bond acceptors (Lipinski definition) is 4. The Morgan fingerprint density at radius 1 is 1.31 bits per heavy atom. The highest BCUT2D eigenvalue weighted by atomic mass is 16.5. The van der Waals surface area contributed by atoms with E-state index in [0.29, 0.717) is 38.6 Å². The molecule has 0 saturated carbocycles. The summed E-state index contributed by atoms with van der Waals surface area (Å²) < 4.78 is 4.61.